The van der Waals surface area contributed by atoms with Gasteiger partial charge in [0.1, 0.15) is 0 Å². The molecule has 1 unspecified atom stereocenters. The van der Waals surface area contributed by atoms with Crippen molar-refractivity contribution in [3.8, 4) is 0 Å². The standard InChI is InChI=1S/C12H14OSi/c1-3-7-11(8-4-1)12-9-5-2-6-10-14-13-12/h1-4,6-8,12H,5,9-10H2/b6-2-. The Morgan fingerprint density at radius 3 is 2.86 bits per heavy atom. The first-order chi connectivity index (χ1) is 6.97. The van der Waals surface area contributed by atoms with E-state index in [1.165, 1.54) is 5.56 Å². The van der Waals surface area contributed by atoms with E-state index < -0.39 is 0 Å². The second kappa shape index (κ2) is 5.13. The van der Waals surface area contributed by atoms with Gasteiger partial charge in [-0.05, 0) is 24.4 Å². The molecule has 1 atom stereocenters. The van der Waals surface area contributed by atoms with E-state index in [-0.39, 0.29) is 0 Å². The van der Waals surface area contributed by atoms with Crippen LogP contribution in [-0.2, 0) is 4.43 Å². The van der Waals surface area contributed by atoms with Gasteiger partial charge in [0.2, 0.25) is 9.76 Å². The Labute approximate surface area is 87.7 Å². The van der Waals surface area contributed by atoms with Crippen molar-refractivity contribution in [1.82, 2.24) is 0 Å². The summed E-state index contributed by atoms with van der Waals surface area (Å²) in [6, 6.07) is 11.6. The van der Waals surface area contributed by atoms with Gasteiger partial charge in [0.05, 0.1) is 6.10 Å². The maximum Gasteiger partial charge on any atom is 0.234 e. The first-order valence-electron chi connectivity index (χ1n) is 5.05. The monoisotopic (exact) mass is 202 g/mol. The average molecular weight is 202 g/mol. The van der Waals surface area contributed by atoms with Crippen LogP contribution in [0.2, 0.25) is 6.04 Å². The molecule has 0 aliphatic carbocycles. The zero-order chi connectivity index (χ0) is 9.64. The normalized spacial score (nSPS) is 25.0. The van der Waals surface area contributed by atoms with E-state index >= 15 is 0 Å². The Bertz CT molecular complexity index is 294. The molecule has 1 aromatic carbocycles. The fourth-order valence-electron chi connectivity index (χ4n) is 1.61. The van der Waals surface area contributed by atoms with E-state index in [2.05, 4.69) is 42.5 Å². The molecule has 0 amide bonds. The molecule has 0 N–H and O–H groups in total. The molecular formula is C12H14OSi. The van der Waals surface area contributed by atoms with Gasteiger partial charge in [0.15, 0.2) is 0 Å². The molecule has 0 bridgehead atoms. The van der Waals surface area contributed by atoms with Crippen LogP contribution < -0.4 is 0 Å². The summed E-state index contributed by atoms with van der Waals surface area (Å²) in [7, 11) is 0.609. The molecule has 2 heteroatoms. The first-order valence-corrected chi connectivity index (χ1v) is 6.17. The molecule has 1 aliphatic rings. The van der Waals surface area contributed by atoms with Crippen molar-refractivity contribution in [2.45, 2.75) is 25.0 Å². The quantitative estimate of drug-likeness (QED) is 0.502. The predicted molar refractivity (Wildman–Crippen MR) is 59.2 cm³/mol. The molecular weight excluding hydrogens is 188 g/mol. The molecule has 1 nitrogen and oxygen atoms in total. The van der Waals surface area contributed by atoms with Gasteiger partial charge < -0.3 is 4.43 Å². The molecule has 2 radical (unpaired) electrons. The first kappa shape index (κ1) is 9.68. The van der Waals surface area contributed by atoms with E-state index in [1.807, 2.05) is 0 Å². The van der Waals surface area contributed by atoms with Crippen molar-refractivity contribution in [3.63, 3.8) is 0 Å². The summed E-state index contributed by atoms with van der Waals surface area (Å²) in [5.74, 6) is 0. The molecule has 0 aromatic heterocycles. The number of rotatable bonds is 1. The third-order valence-electron chi connectivity index (χ3n) is 2.36. The zero-order valence-corrected chi connectivity index (χ0v) is 9.15. The number of benzene rings is 1. The third-order valence-corrected chi connectivity index (χ3v) is 3.21. The number of allylic oxidation sites excluding steroid dienone is 2. The lowest BCUT2D eigenvalue weighted by molar-refractivity contribution is 0.206. The second-order valence-electron chi connectivity index (χ2n) is 3.41. The smallest absolute Gasteiger partial charge is 0.234 e. The Kier molecular flexibility index (Phi) is 3.55. The van der Waals surface area contributed by atoms with Gasteiger partial charge in [-0.25, -0.2) is 0 Å². The summed E-state index contributed by atoms with van der Waals surface area (Å²) >= 11 is 0. The Hall–Kier alpha value is -0.863. The summed E-state index contributed by atoms with van der Waals surface area (Å²) in [6.07, 6.45) is 7.03. The van der Waals surface area contributed by atoms with Crippen molar-refractivity contribution in [3.05, 3.63) is 48.0 Å². The van der Waals surface area contributed by atoms with Crippen LogP contribution >= 0.6 is 0 Å². The summed E-state index contributed by atoms with van der Waals surface area (Å²) < 4.78 is 5.85. The van der Waals surface area contributed by atoms with E-state index in [0.29, 0.717) is 15.9 Å². The van der Waals surface area contributed by atoms with Gasteiger partial charge in [-0.15, -0.1) is 0 Å². The second-order valence-corrected chi connectivity index (χ2v) is 4.35. The van der Waals surface area contributed by atoms with Crippen LogP contribution in [0.4, 0.5) is 0 Å². The SMILES string of the molecule is C1=C\C[Si]OC(c2ccccc2)CC/1. The minimum absolute atomic E-state index is 0.305. The topological polar surface area (TPSA) is 9.23 Å². The van der Waals surface area contributed by atoms with E-state index in [9.17, 15) is 0 Å². The van der Waals surface area contributed by atoms with Crippen molar-refractivity contribution < 1.29 is 4.43 Å². The average Bonchev–Trinajstić information content (AvgIpc) is 2.18. The van der Waals surface area contributed by atoms with Crippen LogP contribution in [0.5, 0.6) is 0 Å². The van der Waals surface area contributed by atoms with Gasteiger partial charge in [0.25, 0.3) is 0 Å². The molecule has 0 saturated carbocycles. The summed E-state index contributed by atoms with van der Waals surface area (Å²) in [4.78, 5) is 0. The van der Waals surface area contributed by atoms with Crippen molar-refractivity contribution in [2.24, 2.45) is 0 Å². The van der Waals surface area contributed by atoms with Gasteiger partial charge in [-0.2, -0.15) is 0 Å². The molecule has 2 rings (SSSR count). The van der Waals surface area contributed by atoms with Gasteiger partial charge in [-0.3, -0.25) is 0 Å². The van der Waals surface area contributed by atoms with E-state index in [0.717, 1.165) is 18.9 Å². The van der Waals surface area contributed by atoms with Crippen molar-refractivity contribution in [2.75, 3.05) is 0 Å². The summed E-state index contributed by atoms with van der Waals surface area (Å²) in [6.45, 7) is 0. The highest BCUT2D eigenvalue weighted by molar-refractivity contribution is 6.27. The van der Waals surface area contributed by atoms with Gasteiger partial charge >= 0.3 is 0 Å². The van der Waals surface area contributed by atoms with Crippen LogP contribution in [0.25, 0.3) is 0 Å². The van der Waals surface area contributed by atoms with Crippen LogP contribution in [0.3, 0.4) is 0 Å². The molecule has 1 aliphatic heterocycles. The molecule has 0 saturated heterocycles. The van der Waals surface area contributed by atoms with Gasteiger partial charge in [-0.1, -0.05) is 42.5 Å². The molecule has 0 fully saturated rings. The highest BCUT2D eigenvalue weighted by Gasteiger charge is 2.11. The number of hydrogen-bond acceptors (Lipinski definition) is 1. The molecule has 1 aromatic rings. The Morgan fingerprint density at radius 2 is 2.00 bits per heavy atom. The minimum Gasteiger partial charge on any atom is -0.410 e. The van der Waals surface area contributed by atoms with Crippen LogP contribution in [0, 0.1) is 0 Å². The predicted octanol–water partition coefficient (Wildman–Crippen LogP) is 3.13. The maximum atomic E-state index is 5.85. The minimum atomic E-state index is 0.305. The van der Waals surface area contributed by atoms with E-state index in [4.69, 9.17) is 4.43 Å². The van der Waals surface area contributed by atoms with Crippen molar-refractivity contribution in [1.29, 1.82) is 0 Å². The Morgan fingerprint density at radius 1 is 1.14 bits per heavy atom. The fourth-order valence-corrected chi connectivity index (χ4v) is 2.42. The van der Waals surface area contributed by atoms with E-state index in [1.54, 1.807) is 0 Å². The molecule has 0 spiro atoms. The van der Waals surface area contributed by atoms with Gasteiger partial charge in [0, 0.05) is 0 Å². The van der Waals surface area contributed by atoms with Crippen LogP contribution in [0.1, 0.15) is 24.5 Å². The zero-order valence-electron chi connectivity index (χ0n) is 8.15. The summed E-state index contributed by atoms with van der Waals surface area (Å²) in [5, 5.41) is 0. The lowest BCUT2D eigenvalue weighted by Gasteiger charge is -2.18. The van der Waals surface area contributed by atoms with Crippen molar-refractivity contribution >= 4 is 9.76 Å². The highest BCUT2D eigenvalue weighted by atomic mass is 28.2. The molecule has 1 heterocycles. The molecule has 14 heavy (non-hydrogen) atoms. The Balaban J connectivity index is 2.06. The van der Waals surface area contributed by atoms with Crippen LogP contribution in [0.15, 0.2) is 42.5 Å². The van der Waals surface area contributed by atoms with Crippen LogP contribution in [-0.4, -0.2) is 9.76 Å². The molecule has 72 valence electrons. The number of hydrogen-bond donors (Lipinski definition) is 0. The lowest BCUT2D eigenvalue weighted by atomic mass is 10.1. The fraction of sp³-hybridized carbons (Fsp3) is 0.333. The third kappa shape index (κ3) is 2.56. The summed E-state index contributed by atoms with van der Waals surface area (Å²) in [5.41, 5.74) is 1.32. The highest BCUT2D eigenvalue weighted by Crippen LogP contribution is 2.23. The lowest BCUT2D eigenvalue weighted by Crippen LogP contribution is -2.08. The largest absolute Gasteiger partial charge is 0.410 e. The maximum absolute atomic E-state index is 5.85.